The van der Waals surface area contributed by atoms with E-state index in [0.29, 0.717) is 25.4 Å². The topological polar surface area (TPSA) is 44.8 Å². The van der Waals surface area contributed by atoms with Crippen LogP contribution >= 0.6 is 32.1 Å². The molecule has 8 heteroatoms. The smallest absolute Gasteiger partial charge is 0.397 e. The van der Waals surface area contributed by atoms with Gasteiger partial charge in [-0.3, -0.25) is 4.79 Å². The molecule has 0 bridgehead atoms. The molecule has 4 unspecified atom stereocenters. The molecule has 0 aliphatic carbocycles. The monoisotopic (exact) mass is 462 g/mol. The molecule has 0 aromatic heterocycles. The van der Waals surface area contributed by atoms with Gasteiger partial charge in [-0.2, -0.15) is 0 Å². The zero-order valence-electron chi connectivity index (χ0n) is 17.6. The molecule has 1 aliphatic rings. The van der Waals surface area contributed by atoms with Crippen molar-refractivity contribution < 1.29 is 22.8 Å². The standard InChI is InChI=1S/C21H32FO4PS2/c1-16-19(22)14-18(29-16)15-25-27(26-17-10-6-5-7-11-17)24-12-8-9-13-28-20(23)21(2,3)4/h5-7,10-11,16,18-19H,8-9,12-15H2,1-4H3. The van der Waals surface area contributed by atoms with Crippen LogP contribution in [0.5, 0.6) is 5.75 Å². The molecule has 1 aromatic rings. The number of hydrogen-bond donors (Lipinski definition) is 0. The fourth-order valence-corrected chi connectivity index (χ4v) is 5.97. The molecule has 1 aromatic carbocycles. The zero-order chi connectivity index (χ0) is 21.3. The summed E-state index contributed by atoms with van der Waals surface area (Å²) in [5.41, 5.74) is -0.304. The Hall–Kier alpha value is -0.330. The summed E-state index contributed by atoms with van der Waals surface area (Å²) in [5, 5.41) is 0.359. The van der Waals surface area contributed by atoms with E-state index >= 15 is 0 Å². The lowest BCUT2D eigenvalue weighted by atomic mass is 10.00. The largest absolute Gasteiger partial charge is 0.427 e. The minimum absolute atomic E-state index is 0.0131. The number of hydrogen-bond acceptors (Lipinski definition) is 6. The minimum Gasteiger partial charge on any atom is -0.427 e. The molecule has 2 rings (SSSR count). The van der Waals surface area contributed by atoms with Crippen LogP contribution < -0.4 is 4.52 Å². The molecule has 1 fully saturated rings. The van der Waals surface area contributed by atoms with Crippen LogP contribution in [-0.2, 0) is 13.8 Å². The van der Waals surface area contributed by atoms with Crippen LogP contribution in [0.3, 0.4) is 0 Å². The molecule has 1 saturated heterocycles. The molecule has 164 valence electrons. The minimum atomic E-state index is -1.54. The van der Waals surface area contributed by atoms with Crippen molar-refractivity contribution in [2.75, 3.05) is 19.0 Å². The van der Waals surface area contributed by atoms with Crippen LogP contribution in [0.15, 0.2) is 30.3 Å². The van der Waals surface area contributed by atoms with E-state index < -0.39 is 14.8 Å². The maximum Gasteiger partial charge on any atom is 0.397 e. The Balaban J connectivity index is 1.72. The highest BCUT2D eigenvalue weighted by molar-refractivity contribution is 8.13. The molecular weight excluding hydrogens is 430 g/mol. The summed E-state index contributed by atoms with van der Waals surface area (Å²) in [6, 6.07) is 9.44. The summed E-state index contributed by atoms with van der Waals surface area (Å²) in [6.07, 6.45) is 1.45. The first kappa shape index (κ1) is 24.9. The second-order valence-corrected chi connectivity index (χ2v) is 12.0. The molecule has 0 N–H and O–H groups in total. The molecule has 0 amide bonds. The molecule has 29 heavy (non-hydrogen) atoms. The van der Waals surface area contributed by atoms with Crippen LogP contribution in [0.25, 0.3) is 0 Å². The number of benzene rings is 1. The Kier molecular flexibility index (Phi) is 10.8. The van der Waals surface area contributed by atoms with Gasteiger partial charge in [-0.25, -0.2) is 4.39 Å². The van der Waals surface area contributed by atoms with Crippen molar-refractivity contribution in [1.82, 2.24) is 0 Å². The van der Waals surface area contributed by atoms with Crippen LogP contribution in [0.1, 0.15) is 47.0 Å². The second-order valence-electron chi connectivity index (χ2n) is 8.06. The lowest BCUT2D eigenvalue weighted by molar-refractivity contribution is -0.117. The maximum absolute atomic E-state index is 13.7. The molecule has 0 saturated carbocycles. The number of halogens is 1. The highest BCUT2D eigenvalue weighted by Crippen LogP contribution is 2.43. The quantitative estimate of drug-likeness (QED) is 0.271. The molecular formula is C21H32FO4PS2. The van der Waals surface area contributed by atoms with Crippen molar-refractivity contribution in [1.29, 1.82) is 0 Å². The predicted molar refractivity (Wildman–Crippen MR) is 122 cm³/mol. The number of unbranched alkanes of at least 4 members (excludes halogenated alkanes) is 1. The van der Waals surface area contributed by atoms with Crippen molar-refractivity contribution in [3.05, 3.63) is 30.3 Å². The van der Waals surface area contributed by atoms with Crippen LogP contribution in [0.4, 0.5) is 4.39 Å². The van der Waals surface area contributed by atoms with E-state index in [1.165, 1.54) is 11.8 Å². The Morgan fingerprint density at radius 3 is 2.59 bits per heavy atom. The zero-order valence-corrected chi connectivity index (χ0v) is 20.2. The van der Waals surface area contributed by atoms with Gasteiger partial charge in [-0.05, 0) is 31.4 Å². The fraction of sp³-hybridized carbons (Fsp3) is 0.667. The third-order valence-corrected chi connectivity index (χ3v) is 8.19. The molecule has 0 spiro atoms. The maximum atomic E-state index is 13.7. The summed E-state index contributed by atoms with van der Waals surface area (Å²) < 4.78 is 31.4. The first-order valence-corrected chi connectivity index (χ1v) is 13.0. The number of para-hydroxylation sites is 1. The molecule has 1 heterocycles. The number of carbonyl (C=O) groups is 1. The molecule has 4 nitrogen and oxygen atoms in total. The van der Waals surface area contributed by atoms with Gasteiger partial charge in [-0.1, -0.05) is 57.7 Å². The van der Waals surface area contributed by atoms with E-state index in [2.05, 4.69) is 0 Å². The summed E-state index contributed by atoms with van der Waals surface area (Å²) in [6.45, 7) is 8.65. The van der Waals surface area contributed by atoms with Gasteiger partial charge < -0.3 is 13.6 Å². The third-order valence-electron chi connectivity index (χ3n) is 4.27. The van der Waals surface area contributed by atoms with Gasteiger partial charge in [-0.15, -0.1) is 11.8 Å². The fourth-order valence-electron chi connectivity index (χ4n) is 2.52. The van der Waals surface area contributed by atoms with Crippen molar-refractivity contribution in [3.63, 3.8) is 0 Å². The number of carbonyl (C=O) groups excluding carboxylic acids is 1. The van der Waals surface area contributed by atoms with E-state index in [0.717, 1.165) is 18.6 Å². The van der Waals surface area contributed by atoms with Crippen LogP contribution in [0.2, 0.25) is 0 Å². The van der Waals surface area contributed by atoms with Gasteiger partial charge in [0.2, 0.25) is 0 Å². The highest BCUT2D eigenvalue weighted by atomic mass is 32.2. The van der Waals surface area contributed by atoms with Gasteiger partial charge in [0, 0.05) is 21.7 Å². The second kappa shape index (κ2) is 12.5. The molecule has 1 aliphatic heterocycles. The third kappa shape index (κ3) is 9.56. The summed E-state index contributed by atoms with van der Waals surface area (Å²) >= 11 is 3.01. The van der Waals surface area contributed by atoms with E-state index in [1.54, 1.807) is 11.8 Å². The van der Waals surface area contributed by atoms with Gasteiger partial charge in [0.1, 0.15) is 11.9 Å². The molecule has 4 atom stereocenters. The normalized spacial score (nSPS) is 23.1. The van der Waals surface area contributed by atoms with E-state index in [1.807, 2.05) is 58.0 Å². The van der Waals surface area contributed by atoms with Gasteiger partial charge in [0.15, 0.2) is 5.12 Å². The Morgan fingerprint density at radius 1 is 1.24 bits per heavy atom. The Labute approximate surface area is 184 Å². The van der Waals surface area contributed by atoms with Crippen molar-refractivity contribution in [3.8, 4) is 5.75 Å². The molecule has 0 radical (unpaired) electrons. The van der Waals surface area contributed by atoms with Gasteiger partial charge in [0.25, 0.3) is 0 Å². The Bertz CT molecular complexity index is 604. The lowest BCUT2D eigenvalue weighted by Crippen LogP contribution is -2.16. The first-order valence-electron chi connectivity index (χ1n) is 10.0. The van der Waals surface area contributed by atoms with Gasteiger partial charge >= 0.3 is 8.60 Å². The highest BCUT2D eigenvalue weighted by Gasteiger charge is 2.33. The number of thioether (sulfide) groups is 2. The average molecular weight is 463 g/mol. The van der Waals surface area contributed by atoms with E-state index in [4.69, 9.17) is 13.6 Å². The summed E-state index contributed by atoms with van der Waals surface area (Å²) in [5.74, 6) is 1.48. The summed E-state index contributed by atoms with van der Waals surface area (Å²) in [4.78, 5) is 11.9. The lowest BCUT2D eigenvalue weighted by Gasteiger charge is -2.19. The van der Waals surface area contributed by atoms with Gasteiger partial charge in [0.05, 0.1) is 13.2 Å². The van der Waals surface area contributed by atoms with Crippen molar-refractivity contribution >= 4 is 37.2 Å². The first-order chi connectivity index (χ1) is 13.8. The predicted octanol–water partition coefficient (Wildman–Crippen LogP) is 6.64. The summed E-state index contributed by atoms with van der Waals surface area (Å²) in [7, 11) is -1.54. The number of alkyl halides is 1. The number of rotatable bonds is 11. The van der Waals surface area contributed by atoms with Crippen LogP contribution in [-0.4, -0.2) is 40.8 Å². The van der Waals surface area contributed by atoms with E-state index in [-0.39, 0.29) is 21.0 Å². The average Bonchev–Trinajstić information content (AvgIpc) is 2.99. The van der Waals surface area contributed by atoms with Crippen LogP contribution in [0, 0.1) is 5.41 Å². The van der Waals surface area contributed by atoms with Crippen molar-refractivity contribution in [2.45, 2.75) is 63.6 Å². The Morgan fingerprint density at radius 2 is 1.97 bits per heavy atom. The SMILES string of the molecule is CC1SC(COP(OCCCCSC(=O)C(C)(C)C)Oc2ccccc2)CC1F. The van der Waals surface area contributed by atoms with E-state index in [9.17, 15) is 9.18 Å². The van der Waals surface area contributed by atoms with Crippen molar-refractivity contribution in [2.24, 2.45) is 5.41 Å².